The molecule has 0 fully saturated rings. The summed E-state index contributed by atoms with van der Waals surface area (Å²) in [6, 6.07) is 2.77. The number of fused-ring (bicyclic) bond motifs is 4. The van der Waals surface area contributed by atoms with Gasteiger partial charge in [0.1, 0.15) is 5.75 Å². The summed E-state index contributed by atoms with van der Waals surface area (Å²) < 4.78 is 52.0. The number of amides is 8. The van der Waals surface area contributed by atoms with Crippen LogP contribution < -0.4 is 30.7 Å². The average Bonchev–Trinajstić information content (AvgIpc) is 3.86. The molecule has 2 aromatic rings. The Morgan fingerprint density at radius 3 is 1.31 bits per heavy atom. The molecule has 0 saturated carbocycles. The van der Waals surface area contributed by atoms with E-state index < -0.39 is 61.5 Å². The number of imide groups is 2. The molecule has 2 aromatic carbocycles. The number of carbonyl (C=O) groups excluding carboxylic acids is 6. The van der Waals surface area contributed by atoms with Crippen molar-refractivity contribution >= 4 is 67.1 Å². The molecule has 16 nitrogen and oxygen atoms in total. The van der Waals surface area contributed by atoms with Crippen LogP contribution >= 0.6 is 0 Å². The summed E-state index contributed by atoms with van der Waals surface area (Å²) in [5.41, 5.74) is 10.8. The van der Waals surface area contributed by atoms with Gasteiger partial charge in [0, 0.05) is 40.2 Å². The molecule has 0 radical (unpaired) electrons. The van der Waals surface area contributed by atoms with E-state index in [1.54, 1.807) is 0 Å². The molecule has 0 saturated heterocycles. The van der Waals surface area contributed by atoms with Gasteiger partial charge in [-0.15, -0.1) is 0 Å². The van der Waals surface area contributed by atoms with E-state index in [0.29, 0.717) is 5.69 Å². The van der Waals surface area contributed by atoms with E-state index >= 15 is 0 Å². The topological polar surface area (TPSA) is 243 Å². The zero-order valence-corrected chi connectivity index (χ0v) is 32.0. The van der Waals surface area contributed by atoms with Crippen molar-refractivity contribution in [3.05, 3.63) is 56.6 Å². The summed E-state index contributed by atoms with van der Waals surface area (Å²) >= 11 is 0. The molecule has 18 heteroatoms. The first-order valence-corrected chi connectivity index (χ1v) is 21.4. The van der Waals surface area contributed by atoms with Crippen molar-refractivity contribution in [2.75, 3.05) is 22.1 Å². The highest BCUT2D eigenvalue weighted by Crippen LogP contribution is 2.39. The number of sulfonamides is 2. The van der Waals surface area contributed by atoms with Crippen molar-refractivity contribution in [2.24, 2.45) is 0 Å². The lowest BCUT2D eigenvalue weighted by molar-refractivity contribution is -0.130. The monoisotopic (exact) mass is 798 g/mol. The lowest BCUT2D eigenvalue weighted by Gasteiger charge is -2.16. The second kappa shape index (κ2) is 17.1. The highest BCUT2D eigenvalue weighted by Gasteiger charge is 2.28. The smallest absolute Gasteiger partial charge is 0.307 e. The molecule has 54 heavy (non-hydrogen) atoms. The van der Waals surface area contributed by atoms with Crippen LogP contribution in [0.5, 0.6) is 0 Å². The number of nitrogens with one attached hydrogen (secondary N) is 6. The van der Waals surface area contributed by atoms with Crippen molar-refractivity contribution in [3.8, 4) is 0 Å². The summed E-state index contributed by atoms with van der Waals surface area (Å²) in [4.78, 5) is 69.0. The van der Waals surface area contributed by atoms with Gasteiger partial charge in [-0.05, 0) is 128 Å². The number of urea groups is 2. The minimum atomic E-state index is -4.20. The first kappa shape index (κ1) is 40.3. The van der Waals surface area contributed by atoms with Gasteiger partial charge in [0.15, 0.2) is 0 Å². The maximum Gasteiger partial charge on any atom is 0.332 e. The van der Waals surface area contributed by atoms with Gasteiger partial charge >= 0.3 is 12.1 Å². The Morgan fingerprint density at radius 1 is 0.556 bits per heavy atom. The first-order chi connectivity index (χ1) is 25.5. The van der Waals surface area contributed by atoms with Gasteiger partial charge in [-0.2, -0.15) is 0 Å². The number of aryl methyl sites for hydroxylation is 4. The molecule has 4 aliphatic rings. The van der Waals surface area contributed by atoms with Crippen LogP contribution in [-0.4, -0.2) is 64.0 Å². The third kappa shape index (κ3) is 10.6. The van der Waals surface area contributed by atoms with Crippen molar-refractivity contribution < 1.29 is 54.2 Å². The SMILES string of the molecule is CC(=O)NC(=O)CCCS(=O)(=O)NC(=O)Nc1c2c(cc3c1CCC3)CCC2.CC(=O)NC(=O)CS(=O)(=O)NC(=O)Nc1c2c(cc3c1CCC3)CCC2.[HH].[HH].[HH].[HH].[HH].[HH]. The normalized spacial score (nSPS) is 15.0. The number of rotatable bonds is 10. The van der Waals surface area contributed by atoms with Crippen molar-refractivity contribution in [1.82, 2.24) is 20.1 Å². The Morgan fingerprint density at radius 2 is 0.926 bits per heavy atom. The van der Waals surface area contributed by atoms with Gasteiger partial charge in [0.2, 0.25) is 43.7 Å². The van der Waals surface area contributed by atoms with Gasteiger partial charge < -0.3 is 10.6 Å². The molecule has 8 amide bonds. The van der Waals surface area contributed by atoms with E-state index in [2.05, 4.69) is 28.1 Å². The zero-order chi connectivity index (χ0) is 39.2. The minimum Gasteiger partial charge on any atom is -0.307 e. The second-order valence-electron chi connectivity index (χ2n) is 14.0. The lowest BCUT2D eigenvalue weighted by Crippen LogP contribution is -2.42. The molecule has 6 rings (SSSR count). The Bertz CT molecular complexity index is 2080. The van der Waals surface area contributed by atoms with Crippen LogP contribution in [0.1, 0.15) is 105 Å². The van der Waals surface area contributed by atoms with E-state index in [1.165, 1.54) is 29.2 Å². The Hall–Kier alpha value is -4.84. The molecule has 0 bridgehead atoms. The molecule has 0 aromatic heterocycles. The molecular weight excluding hydrogens is 741 g/mol. The fourth-order valence-corrected chi connectivity index (χ4v) is 9.45. The van der Waals surface area contributed by atoms with Gasteiger partial charge in [-0.3, -0.25) is 29.8 Å². The quantitative estimate of drug-likeness (QED) is 0.203. The molecule has 0 aliphatic heterocycles. The predicted molar refractivity (Wildman–Crippen MR) is 212 cm³/mol. The zero-order valence-electron chi connectivity index (χ0n) is 30.4. The number of hydrogen-bond donors (Lipinski definition) is 6. The molecule has 0 atom stereocenters. The van der Waals surface area contributed by atoms with Crippen molar-refractivity contribution in [2.45, 2.75) is 104 Å². The molecule has 304 valence electrons. The van der Waals surface area contributed by atoms with E-state index in [0.717, 1.165) is 112 Å². The molecule has 0 heterocycles. The van der Waals surface area contributed by atoms with Crippen LogP contribution in [0, 0.1) is 0 Å². The number of benzene rings is 2. The summed E-state index contributed by atoms with van der Waals surface area (Å²) in [6.45, 7) is 2.30. The molecule has 4 aliphatic carbocycles. The largest absolute Gasteiger partial charge is 0.332 e. The first-order valence-electron chi connectivity index (χ1n) is 18.1. The Labute approximate surface area is 323 Å². The van der Waals surface area contributed by atoms with Crippen LogP contribution in [0.25, 0.3) is 0 Å². The molecule has 6 N–H and O–H groups in total. The maximum atomic E-state index is 12.3. The van der Waals surface area contributed by atoms with E-state index in [4.69, 9.17) is 0 Å². The number of hydrogen-bond acceptors (Lipinski definition) is 10. The van der Waals surface area contributed by atoms with Gasteiger partial charge in [-0.25, -0.2) is 35.9 Å². The van der Waals surface area contributed by atoms with E-state index in [9.17, 15) is 45.6 Å². The van der Waals surface area contributed by atoms with E-state index in [1.807, 2.05) is 14.8 Å². The van der Waals surface area contributed by atoms with Crippen LogP contribution in [0.3, 0.4) is 0 Å². The highest BCUT2D eigenvalue weighted by atomic mass is 32.2. The Kier molecular flexibility index (Phi) is 12.8. The second-order valence-corrected chi connectivity index (χ2v) is 17.5. The summed E-state index contributed by atoms with van der Waals surface area (Å²) in [5.74, 6) is -4.05. The van der Waals surface area contributed by atoms with Crippen LogP contribution in [0.15, 0.2) is 12.1 Å². The number of anilines is 2. The highest BCUT2D eigenvalue weighted by molar-refractivity contribution is 7.90. The number of carbonyl (C=O) groups is 6. The van der Waals surface area contributed by atoms with Crippen molar-refractivity contribution in [3.63, 3.8) is 0 Å². The fraction of sp³-hybridized carbons (Fsp3) is 0.500. The van der Waals surface area contributed by atoms with Crippen LogP contribution in [0.4, 0.5) is 21.0 Å². The molecule has 0 unspecified atom stereocenters. The van der Waals surface area contributed by atoms with Gasteiger partial charge in [0.05, 0.1) is 5.75 Å². The fourth-order valence-electron chi connectivity index (χ4n) is 7.67. The summed E-state index contributed by atoms with van der Waals surface area (Å²) in [7, 11) is -8.08. The lowest BCUT2D eigenvalue weighted by atomic mass is 9.99. The van der Waals surface area contributed by atoms with Crippen molar-refractivity contribution in [1.29, 1.82) is 0 Å². The molecule has 0 spiro atoms. The van der Waals surface area contributed by atoms with Gasteiger partial charge in [-0.1, -0.05) is 12.1 Å². The summed E-state index contributed by atoms with van der Waals surface area (Å²) in [5, 5.41) is 9.39. The van der Waals surface area contributed by atoms with Crippen LogP contribution in [-0.2, 0) is 90.6 Å². The van der Waals surface area contributed by atoms with Gasteiger partial charge in [0.25, 0.3) is 0 Å². The predicted octanol–water partition coefficient (Wildman–Crippen LogP) is 3.81. The van der Waals surface area contributed by atoms with E-state index in [-0.39, 0.29) is 27.2 Å². The summed E-state index contributed by atoms with van der Waals surface area (Å²) in [6.07, 6.45) is 11.4. The molecular formula is C36H58N6O10S2. The third-order valence-electron chi connectivity index (χ3n) is 9.69. The Balaban J connectivity index is 0. The van der Waals surface area contributed by atoms with Crippen LogP contribution in [0.2, 0.25) is 0 Å². The standard InChI is InChI=1S/C19H25N3O5S.C17H21N3O5S.6H2/c1-12(23)20-17(24)9-4-10-28(26,27)22-19(25)21-18-15-7-2-5-13(15)11-14-6-3-8-16(14)18;1-10(21)18-15(22)9-26(24,25)20-17(23)19-16-13-6-2-4-11(13)8-12-5-3-7-14(12)16;;;;;;/h11H,2-10H2,1H3,(H,20,23,24)(H2,21,22,25);8H,2-7,9H2,1H3,(H,18,21,22)(H2,19,20,23);6*1H. The maximum absolute atomic E-state index is 12.3. The minimum absolute atomic E-state index is 0. The third-order valence-corrected chi connectivity index (χ3v) is 12.1. The average molecular weight is 799 g/mol.